The summed E-state index contributed by atoms with van der Waals surface area (Å²) in [5.74, 6) is -0.724. The Morgan fingerprint density at radius 3 is 2.55 bits per heavy atom. The van der Waals surface area contributed by atoms with Gasteiger partial charge in [-0.2, -0.15) is 0 Å². The minimum absolute atomic E-state index is 0.122. The number of likely N-dealkylation sites (tertiary alicyclic amines) is 1. The molecule has 0 saturated carbocycles. The molecule has 0 unspecified atom stereocenters. The summed E-state index contributed by atoms with van der Waals surface area (Å²) in [5, 5.41) is 21.0. The van der Waals surface area contributed by atoms with Crippen molar-refractivity contribution in [3.8, 4) is 5.75 Å². The Morgan fingerprint density at radius 1 is 1.30 bits per heavy atom. The molecule has 2 amide bonds. The first-order chi connectivity index (χ1) is 9.47. The number of phenols is 1. The number of phenolic OH excluding ortho intramolecular Hbond substituents is 1. The number of anilines is 1. The molecule has 1 fully saturated rings. The molecule has 0 radical (unpaired) electrons. The average molecular weight is 278 g/mol. The van der Waals surface area contributed by atoms with Crippen LogP contribution in [0.25, 0.3) is 0 Å². The summed E-state index contributed by atoms with van der Waals surface area (Å²) in [6.45, 7) is 3.50. The first kappa shape index (κ1) is 14.2. The smallest absolute Gasteiger partial charge is 0.337 e. The van der Waals surface area contributed by atoms with Gasteiger partial charge in [-0.25, -0.2) is 9.59 Å². The molecule has 1 aromatic rings. The Morgan fingerprint density at radius 2 is 1.95 bits per heavy atom. The molecule has 1 aliphatic rings. The third-order valence-electron chi connectivity index (χ3n) is 3.55. The molecule has 1 aromatic carbocycles. The van der Waals surface area contributed by atoms with E-state index in [4.69, 9.17) is 5.11 Å². The lowest BCUT2D eigenvalue weighted by molar-refractivity contribution is 0.0697. The van der Waals surface area contributed by atoms with Crippen molar-refractivity contribution in [2.24, 2.45) is 5.92 Å². The highest BCUT2D eigenvalue weighted by atomic mass is 16.4. The van der Waals surface area contributed by atoms with Crippen LogP contribution in [0.15, 0.2) is 18.2 Å². The zero-order valence-electron chi connectivity index (χ0n) is 11.3. The molecular formula is C14H18N2O4. The zero-order chi connectivity index (χ0) is 14.7. The van der Waals surface area contributed by atoms with E-state index in [1.807, 2.05) is 0 Å². The van der Waals surface area contributed by atoms with E-state index in [0.717, 1.165) is 18.9 Å². The lowest BCUT2D eigenvalue weighted by Gasteiger charge is -2.30. The monoisotopic (exact) mass is 278 g/mol. The molecule has 2 rings (SSSR count). The van der Waals surface area contributed by atoms with Crippen molar-refractivity contribution in [1.82, 2.24) is 4.90 Å². The predicted molar refractivity (Wildman–Crippen MR) is 74.1 cm³/mol. The molecular weight excluding hydrogens is 260 g/mol. The van der Waals surface area contributed by atoms with E-state index < -0.39 is 5.97 Å². The summed E-state index contributed by atoms with van der Waals surface area (Å²) in [6, 6.07) is 3.56. The fourth-order valence-electron chi connectivity index (χ4n) is 2.22. The number of amides is 2. The van der Waals surface area contributed by atoms with Crippen LogP contribution in [0.3, 0.4) is 0 Å². The van der Waals surface area contributed by atoms with E-state index in [-0.39, 0.29) is 23.0 Å². The maximum absolute atomic E-state index is 12.1. The molecule has 6 heteroatoms. The van der Waals surface area contributed by atoms with Gasteiger partial charge in [-0.05, 0) is 37.0 Å². The first-order valence-corrected chi connectivity index (χ1v) is 6.59. The van der Waals surface area contributed by atoms with Gasteiger partial charge < -0.3 is 20.4 Å². The standard InChI is InChI=1S/C14H18N2O4/c1-9-4-6-16(7-5-9)14(20)15-12-3-2-10(17)8-11(12)13(18)19/h2-3,8-9,17H,4-7H2,1H3,(H,15,20)(H,18,19). The number of piperidine rings is 1. The van der Waals surface area contributed by atoms with Crippen molar-refractivity contribution in [3.63, 3.8) is 0 Å². The summed E-state index contributed by atoms with van der Waals surface area (Å²) < 4.78 is 0. The van der Waals surface area contributed by atoms with Crippen LogP contribution in [0.1, 0.15) is 30.1 Å². The summed E-state index contributed by atoms with van der Waals surface area (Å²) in [7, 11) is 0. The summed E-state index contributed by atoms with van der Waals surface area (Å²) in [5.41, 5.74) is 0.0719. The highest BCUT2D eigenvalue weighted by Crippen LogP contribution is 2.23. The second-order valence-corrected chi connectivity index (χ2v) is 5.13. The second-order valence-electron chi connectivity index (χ2n) is 5.13. The van der Waals surface area contributed by atoms with Crippen LogP contribution < -0.4 is 5.32 Å². The number of hydrogen-bond donors (Lipinski definition) is 3. The number of hydrogen-bond acceptors (Lipinski definition) is 3. The Hall–Kier alpha value is -2.24. The van der Waals surface area contributed by atoms with Gasteiger partial charge in [0.15, 0.2) is 0 Å². The van der Waals surface area contributed by atoms with E-state index >= 15 is 0 Å². The lowest BCUT2D eigenvalue weighted by Crippen LogP contribution is -2.40. The molecule has 0 aliphatic carbocycles. The molecule has 6 nitrogen and oxygen atoms in total. The van der Waals surface area contributed by atoms with Crippen molar-refractivity contribution in [2.75, 3.05) is 18.4 Å². The van der Waals surface area contributed by atoms with Gasteiger partial charge in [-0.3, -0.25) is 0 Å². The minimum Gasteiger partial charge on any atom is -0.508 e. The molecule has 1 heterocycles. The zero-order valence-corrected chi connectivity index (χ0v) is 11.3. The number of urea groups is 1. The number of benzene rings is 1. The van der Waals surface area contributed by atoms with Crippen molar-refractivity contribution >= 4 is 17.7 Å². The predicted octanol–water partition coefficient (Wildman–Crippen LogP) is 2.35. The quantitative estimate of drug-likeness (QED) is 0.724. The van der Waals surface area contributed by atoms with E-state index in [2.05, 4.69) is 12.2 Å². The van der Waals surface area contributed by atoms with Crippen LogP contribution in [-0.4, -0.2) is 40.2 Å². The van der Waals surface area contributed by atoms with Crippen LogP contribution in [-0.2, 0) is 0 Å². The van der Waals surface area contributed by atoms with Crippen LogP contribution in [0.2, 0.25) is 0 Å². The number of rotatable bonds is 2. The fraction of sp³-hybridized carbons (Fsp3) is 0.429. The third-order valence-corrected chi connectivity index (χ3v) is 3.55. The van der Waals surface area contributed by atoms with Gasteiger partial charge in [0.05, 0.1) is 11.3 Å². The third kappa shape index (κ3) is 3.20. The summed E-state index contributed by atoms with van der Waals surface area (Å²) >= 11 is 0. The molecule has 108 valence electrons. The molecule has 0 atom stereocenters. The normalized spacial score (nSPS) is 15.9. The van der Waals surface area contributed by atoms with E-state index in [9.17, 15) is 14.7 Å². The van der Waals surface area contributed by atoms with Crippen LogP contribution in [0.5, 0.6) is 5.75 Å². The summed E-state index contributed by atoms with van der Waals surface area (Å²) in [6.07, 6.45) is 1.91. The van der Waals surface area contributed by atoms with Crippen LogP contribution >= 0.6 is 0 Å². The summed E-state index contributed by atoms with van der Waals surface area (Å²) in [4.78, 5) is 24.9. The molecule has 0 spiro atoms. The number of nitrogens with zero attached hydrogens (tertiary/aromatic N) is 1. The van der Waals surface area contributed by atoms with Crippen LogP contribution in [0, 0.1) is 5.92 Å². The van der Waals surface area contributed by atoms with E-state index in [1.165, 1.54) is 12.1 Å². The highest BCUT2D eigenvalue weighted by Gasteiger charge is 2.21. The topological polar surface area (TPSA) is 89.9 Å². The Bertz CT molecular complexity index is 522. The Labute approximate surface area is 117 Å². The number of aromatic hydroxyl groups is 1. The SMILES string of the molecule is CC1CCN(C(=O)Nc2ccc(O)cc2C(=O)O)CC1. The molecule has 0 bridgehead atoms. The Balaban J connectivity index is 2.10. The number of aromatic carboxylic acids is 1. The average Bonchev–Trinajstić information content (AvgIpc) is 2.41. The van der Waals surface area contributed by atoms with Gasteiger partial charge in [-0.1, -0.05) is 6.92 Å². The van der Waals surface area contributed by atoms with Gasteiger partial charge in [0.2, 0.25) is 0 Å². The number of carboxylic acids is 1. The molecule has 1 aliphatic heterocycles. The van der Waals surface area contributed by atoms with Crippen molar-refractivity contribution in [2.45, 2.75) is 19.8 Å². The van der Waals surface area contributed by atoms with Gasteiger partial charge in [0, 0.05) is 13.1 Å². The largest absolute Gasteiger partial charge is 0.508 e. The maximum Gasteiger partial charge on any atom is 0.337 e. The Kier molecular flexibility index (Phi) is 4.12. The molecule has 20 heavy (non-hydrogen) atoms. The van der Waals surface area contributed by atoms with Gasteiger partial charge in [0.25, 0.3) is 0 Å². The lowest BCUT2D eigenvalue weighted by atomic mass is 10.00. The number of carbonyl (C=O) groups excluding carboxylic acids is 1. The maximum atomic E-state index is 12.1. The van der Waals surface area contributed by atoms with Gasteiger partial charge >= 0.3 is 12.0 Å². The van der Waals surface area contributed by atoms with Gasteiger partial charge in [0.1, 0.15) is 5.75 Å². The second kappa shape index (κ2) is 5.81. The van der Waals surface area contributed by atoms with E-state index in [1.54, 1.807) is 4.90 Å². The van der Waals surface area contributed by atoms with Gasteiger partial charge in [-0.15, -0.1) is 0 Å². The fourth-order valence-corrected chi connectivity index (χ4v) is 2.22. The van der Waals surface area contributed by atoms with Crippen LogP contribution in [0.4, 0.5) is 10.5 Å². The number of nitrogens with one attached hydrogen (secondary N) is 1. The van der Waals surface area contributed by atoms with Crippen molar-refractivity contribution in [3.05, 3.63) is 23.8 Å². The minimum atomic E-state index is -1.19. The first-order valence-electron chi connectivity index (χ1n) is 6.59. The van der Waals surface area contributed by atoms with Crippen molar-refractivity contribution < 1.29 is 19.8 Å². The molecule has 0 aromatic heterocycles. The molecule has 1 saturated heterocycles. The highest BCUT2D eigenvalue weighted by molar-refractivity contribution is 6.00. The molecule has 3 N–H and O–H groups in total. The number of carbonyl (C=O) groups is 2. The number of carboxylic acid groups (broad SMARTS) is 1. The van der Waals surface area contributed by atoms with Crippen molar-refractivity contribution in [1.29, 1.82) is 0 Å². The van der Waals surface area contributed by atoms with E-state index in [0.29, 0.717) is 19.0 Å².